The molecule has 1 amide bonds. The van der Waals surface area contributed by atoms with Crippen LogP contribution in [0.4, 0.5) is 5.69 Å². The van der Waals surface area contributed by atoms with Crippen LogP contribution in [0.15, 0.2) is 42.5 Å². The van der Waals surface area contributed by atoms with Crippen LogP contribution in [0.25, 0.3) is 0 Å². The van der Waals surface area contributed by atoms with Crippen molar-refractivity contribution >= 4 is 33.2 Å². The minimum absolute atomic E-state index is 0.320. The van der Waals surface area contributed by atoms with Crippen LogP contribution in [0, 0.1) is 13.8 Å². The van der Waals surface area contributed by atoms with E-state index >= 15 is 0 Å². The summed E-state index contributed by atoms with van der Waals surface area (Å²) in [6, 6.07) is 12.1. The summed E-state index contributed by atoms with van der Waals surface area (Å²) in [5.41, 5.74) is 3.67. The lowest BCUT2D eigenvalue weighted by Crippen LogP contribution is -2.48. The number of rotatable bonds is 8. The van der Waals surface area contributed by atoms with Crippen molar-refractivity contribution in [1.82, 2.24) is 5.32 Å². The molecule has 2 rings (SSSR count). The normalized spacial score (nSPS) is 12.5. The molecule has 0 aliphatic rings. The molecule has 0 unspecified atom stereocenters. The number of hydrogen-bond donors (Lipinski definition) is 1. The molecular weight excluding hydrogens is 396 g/mol. The highest BCUT2D eigenvalue weighted by molar-refractivity contribution is 7.92. The molecule has 0 spiro atoms. The van der Waals surface area contributed by atoms with Gasteiger partial charge in [-0.1, -0.05) is 29.8 Å². The van der Waals surface area contributed by atoms with Gasteiger partial charge in [-0.05, 0) is 74.6 Å². The van der Waals surface area contributed by atoms with E-state index in [9.17, 15) is 13.2 Å². The van der Waals surface area contributed by atoms with Crippen molar-refractivity contribution in [2.45, 2.75) is 39.7 Å². The molecular formula is C21H27ClN2O3S. The minimum Gasteiger partial charge on any atom is -0.354 e. The monoisotopic (exact) mass is 422 g/mol. The SMILES string of the molecule is Cc1ccc(N([C@@H](C)C(=O)NCCCc2ccc(Cl)cc2)S(C)(=O)=O)cc1C. The molecule has 2 aromatic rings. The lowest BCUT2D eigenvalue weighted by atomic mass is 10.1. The predicted molar refractivity (Wildman–Crippen MR) is 115 cm³/mol. The molecule has 2 aromatic carbocycles. The zero-order valence-corrected chi connectivity index (χ0v) is 18.3. The summed E-state index contributed by atoms with van der Waals surface area (Å²) in [5, 5.41) is 3.53. The van der Waals surface area contributed by atoms with E-state index in [0.717, 1.165) is 35.8 Å². The van der Waals surface area contributed by atoms with Crippen molar-refractivity contribution < 1.29 is 13.2 Å². The van der Waals surface area contributed by atoms with Gasteiger partial charge in [0.1, 0.15) is 6.04 Å². The van der Waals surface area contributed by atoms with E-state index in [0.29, 0.717) is 17.3 Å². The van der Waals surface area contributed by atoms with Crippen molar-refractivity contribution in [1.29, 1.82) is 0 Å². The lowest BCUT2D eigenvalue weighted by Gasteiger charge is -2.28. The van der Waals surface area contributed by atoms with E-state index in [4.69, 9.17) is 11.6 Å². The van der Waals surface area contributed by atoms with Crippen molar-refractivity contribution in [3.63, 3.8) is 0 Å². The third kappa shape index (κ3) is 5.97. The highest BCUT2D eigenvalue weighted by atomic mass is 35.5. The molecule has 0 aromatic heterocycles. The van der Waals surface area contributed by atoms with Gasteiger partial charge >= 0.3 is 0 Å². The molecule has 0 fully saturated rings. The van der Waals surface area contributed by atoms with Crippen molar-refractivity contribution in [3.8, 4) is 0 Å². The molecule has 5 nitrogen and oxygen atoms in total. The van der Waals surface area contributed by atoms with Crippen LogP contribution in [0.3, 0.4) is 0 Å². The van der Waals surface area contributed by atoms with Crippen molar-refractivity contribution in [3.05, 3.63) is 64.2 Å². The molecule has 0 aliphatic carbocycles. The molecule has 0 saturated carbocycles. The third-order valence-electron chi connectivity index (χ3n) is 4.69. The maximum Gasteiger partial charge on any atom is 0.243 e. The summed E-state index contributed by atoms with van der Waals surface area (Å²) >= 11 is 5.87. The molecule has 0 heterocycles. The zero-order valence-electron chi connectivity index (χ0n) is 16.7. The summed E-state index contributed by atoms with van der Waals surface area (Å²) in [5.74, 6) is -0.320. The van der Waals surface area contributed by atoms with Gasteiger partial charge in [-0.2, -0.15) is 0 Å². The number of nitrogens with zero attached hydrogens (tertiary/aromatic N) is 1. The molecule has 1 N–H and O–H groups in total. The molecule has 7 heteroatoms. The summed E-state index contributed by atoms with van der Waals surface area (Å²) in [6.45, 7) is 5.95. The van der Waals surface area contributed by atoms with Gasteiger partial charge in [0.25, 0.3) is 0 Å². The number of nitrogens with one attached hydrogen (secondary N) is 1. The van der Waals surface area contributed by atoms with E-state index in [1.165, 1.54) is 4.31 Å². The van der Waals surface area contributed by atoms with Crippen LogP contribution in [0.1, 0.15) is 30.0 Å². The standard InChI is InChI=1S/C21H27ClN2O3S/c1-15-7-12-20(14-16(15)2)24(28(4,26)27)17(3)21(25)23-13-5-6-18-8-10-19(22)11-9-18/h7-12,14,17H,5-6,13H2,1-4H3,(H,23,25)/t17-/m0/s1. The summed E-state index contributed by atoms with van der Waals surface area (Å²) in [4.78, 5) is 12.6. The Labute approximate surface area is 172 Å². The molecule has 152 valence electrons. The van der Waals surface area contributed by atoms with E-state index < -0.39 is 16.1 Å². The van der Waals surface area contributed by atoms with Crippen molar-refractivity contribution in [2.24, 2.45) is 0 Å². The second kappa shape index (κ2) is 9.43. The number of anilines is 1. The van der Waals surface area contributed by atoms with Gasteiger partial charge in [-0.3, -0.25) is 9.10 Å². The van der Waals surface area contributed by atoms with Crippen LogP contribution < -0.4 is 9.62 Å². The fourth-order valence-electron chi connectivity index (χ4n) is 2.97. The number of carbonyl (C=O) groups is 1. The van der Waals surface area contributed by atoms with E-state index in [-0.39, 0.29) is 5.91 Å². The molecule has 0 bridgehead atoms. The Morgan fingerprint density at radius 2 is 1.75 bits per heavy atom. The summed E-state index contributed by atoms with van der Waals surface area (Å²) in [6.07, 6.45) is 2.67. The second-order valence-corrected chi connectivity index (χ2v) is 9.32. The number of benzene rings is 2. The second-order valence-electron chi connectivity index (χ2n) is 7.02. The first-order chi connectivity index (χ1) is 13.1. The van der Waals surface area contributed by atoms with Crippen LogP contribution in [0.5, 0.6) is 0 Å². The fourth-order valence-corrected chi connectivity index (χ4v) is 4.27. The number of carbonyl (C=O) groups excluding carboxylic acids is 1. The average molecular weight is 423 g/mol. The van der Waals surface area contributed by atoms with Gasteiger partial charge in [0, 0.05) is 11.6 Å². The Morgan fingerprint density at radius 1 is 1.11 bits per heavy atom. The Bertz CT molecular complexity index is 927. The molecule has 28 heavy (non-hydrogen) atoms. The van der Waals surface area contributed by atoms with Gasteiger partial charge < -0.3 is 5.32 Å². The first kappa shape index (κ1) is 22.2. The Balaban J connectivity index is 2.01. The lowest BCUT2D eigenvalue weighted by molar-refractivity contribution is -0.121. The number of hydrogen-bond acceptors (Lipinski definition) is 3. The van der Waals surface area contributed by atoms with Crippen LogP contribution in [-0.4, -0.2) is 33.2 Å². The maximum absolute atomic E-state index is 12.6. The number of amides is 1. The molecule has 1 atom stereocenters. The smallest absolute Gasteiger partial charge is 0.243 e. The van der Waals surface area contributed by atoms with Gasteiger partial charge in [-0.15, -0.1) is 0 Å². The summed E-state index contributed by atoms with van der Waals surface area (Å²) in [7, 11) is -3.61. The van der Waals surface area contributed by atoms with E-state index in [1.807, 2.05) is 44.2 Å². The Kier molecular flexibility index (Phi) is 7.49. The van der Waals surface area contributed by atoms with Gasteiger partial charge in [-0.25, -0.2) is 8.42 Å². The predicted octanol–water partition coefficient (Wildman–Crippen LogP) is 3.86. The quantitative estimate of drug-likeness (QED) is 0.657. The first-order valence-corrected chi connectivity index (χ1v) is 11.4. The Morgan fingerprint density at radius 3 is 2.32 bits per heavy atom. The zero-order chi connectivity index (χ0) is 20.9. The number of aryl methyl sites for hydroxylation is 3. The topological polar surface area (TPSA) is 66.5 Å². The molecule has 0 saturated heterocycles. The fraction of sp³-hybridized carbons (Fsp3) is 0.381. The van der Waals surface area contributed by atoms with Gasteiger partial charge in [0.2, 0.25) is 15.9 Å². The third-order valence-corrected chi connectivity index (χ3v) is 6.18. The Hall–Kier alpha value is -2.05. The summed E-state index contributed by atoms with van der Waals surface area (Å²) < 4.78 is 25.9. The van der Waals surface area contributed by atoms with Crippen LogP contribution in [0.2, 0.25) is 5.02 Å². The molecule has 0 radical (unpaired) electrons. The molecule has 0 aliphatic heterocycles. The first-order valence-electron chi connectivity index (χ1n) is 9.18. The largest absolute Gasteiger partial charge is 0.354 e. The van der Waals surface area contributed by atoms with E-state index in [1.54, 1.807) is 19.1 Å². The average Bonchev–Trinajstić information content (AvgIpc) is 2.62. The van der Waals surface area contributed by atoms with Gasteiger partial charge in [0.15, 0.2) is 0 Å². The van der Waals surface area contributed by atoms with Gasteiger partial charge in [0.05, 0.1) is 11.9 Å². The highest BCUT2D eigenvalue weighted by Gasteiger charge is 2.29. The van der Waals surface area contributed by atoms with Crippen LogP contribution >= 0.6 is 11.6 Å². The van der Waals surface area contributed by atoms with Crippen LogP contribution in [-0.2, 0) is 21.2 Å². The number of halogens is 1. The van der Waals surface area contributed by atoms with Crippen molar-refractivity contribution in [2.75, 3.05) is 17.1 Å². The minimum atomic E-state index is -3.61. The van der Waals surface area contributed by atoms with E-state index in [2.05, 4.69) is 5.32 Å². The highest BCUT2D eigenvalue weighted by Crippen LogP contribution is 2.23. The number of sulfonamides is 1. The maximum atomic E-state index is 12.6.